The quantitative estimate of drug-likeness (QED) is 0.675. The molecule has 0 radical (unpaired) electrons. The lowest BCUT2D eigenvalue weighted by atomic mass is 10.3. The number of hydrogen-bond donors (Lipinski definition) is 0. The summed E-state index contributed by atoms with van der Waals surface area (Å²) in [6.45, 7) is 4.04. The lowest BCUT2D eigenvalue weighted by Gasteiger charge is -2.10. The van der Waals surface area contributed by atoms with Crippen LogP contribution in [0.15, 0.2) is 41.0 Å². The lowest BCUT2D eigenvalue weighted by molar-refractivity contribution is 0.288. The molecule has 22 heavy (non-hydrogen) atoms. The first kappa shape index (κ1) is 15.7. The molecule has 0 unspecified atom stereocenters. The maximum absolute atomic E-state index is 6.10. The fourth-order valence-electron chi connectivity index (χ4n) is 2.05. The van der Waals surface area contributed by atoms with Crippen LogP contribution in [0.3, 0.4) is 0 Å². The molecule has 1 aromatic heterocycles. The van der Waals surface area contributed by atoms with Crippen molar-refractivity contribution in [2.75, 3.05) is 5.75 Å². The summed E-state index contributed by atoms with van der Waals surface area (Å²) in [5.41, 5.74) is 0. The van der Waals surface area contributed by atoms with Gasteiger partial charge in [-0.15, -0.1) is 10.2 Å². The first-order valence-electron chi connectivity index (χ1n) is 6.92. The third-order valence-corrected chi connectivity index (χ3v) is 4.83. The van der Waals surface area contributed by atoms with Gasteiger partial charge in [0.15, 0.2) is 11.0 Å². The third kappa shape index (κ3) is 3.77. The first-order valence-corrected chi connectivity index (χ1v) is 8.66. The minimum absolute atomic E-state index is 0.343. The van der Waals surface area contributed by atoms with E-state index in [0.29, 0.717) is 34.2 Å². The molecule has 2 aromatic rings. The fourth-order valence-corrected chi connectivity index (χ4v) is 3.18. The van der Waals surface area contributed by atoms with Crippen LogP contribution in [0.5, 0.6) is 5.75 Å². The summed E-state index contributed by atoms with van der Waals surface area (Å²) in [6.07, 6.45) is 2.29. The fraction of sp³-hybridized carbons (Fsp3) is 0.333. The minimum atomic E-state index is 0.343. The molecule has 1 aliphatic carbocycles. The molecular formula is C15H15Cl2N3OS. The highest BCUT2D eigenvalue weighted by atomic mass is 35.5. The van der Waals surface area contributed by atoms with E-state index in [-0.39, 0.29) is 0 Å². The number of para-hydroxylation sites is 1. The molecule has 0 N–H and O–H groups in total. The molecule has 116 valence electrons. The van der Waals surface area contributed by atoms with Gasteiger partial charge in [-0.1, -0.05) is 53.7 Å². The normalized spacial score (nSPS) is 14.1. The molecule has 1 saturated carbocycles. The van der Waals surface area contributed by atoms with Crippen molar-refractivity contribution in [3.63, 3.8) is 0 Å². The SMILES string of the molecule is C=C(Cl)CSc1nnc(COc2ccccc2Cl)n1C1CC1. The molecule has 0 saturated heterocycles. The molecule has 1 heterocycles. The number of nitrogens with zero attached hydrogens (tertiary/aromatic N) is 3. The Morgan fingerprint density at radius 2 is 2.14 bits per heavy atom. The number of ether oxygens (including phenoxy) is 1. The zero-order valence-corrected chi connectivity index (χ0v) is 14.2. The largest absolute Gasteiger partial charge is 0.484 e. The van der Waals surface area contributed by atoms with Gasteiger partial charge >= 0.3 is 0 Å². The number of halogens is 2. The van der Waals surface area contributed by atoms with Crippen LogP contribution in [-0.2, 0) is 6.61 Å². The van der Waals surface area contributed by atoms with Crippen LogP contribution in [0.25, 0.3) is 0 Å². The van der Waals surface area contributed by atoms with Crippen molar-refractivity contribution in [3.05, 3.63) is 46.7 Å². The Kier molecular flexibility index (Phi) is 4.96. The summed E-state index contributed by atoms with van der Waals surface area (Å²) in [7, 11) is 0. The van der Waals surface area contributed by atoms with Crippen molar-refractivity contribution in [2.24, 2.45) is 0 Å². The maximum Gasteiger partial charge on any atom is 0.191 e. The van der Waals surface area contributed by atoms with Crippen LogP contribution >= 0.6 is 35.0 Å². The summed E-state index contributed by atoms with van der Waals surface area (Å²) >= 11 is 13.5. The Morgan fingerprint density at radius 3 is 2.82 bits per heavy atom. The molecule has 0 spiro atoms. The molecule has 1 fully saturated rings. The van der Waals surface area contributed by atoms with Crippen LogP contribution in [-0.4, -0.2) is 20.5 Å². The highest BCUT2D eigenvalue weighted by Gasteiger charge is 2.29. The van der Waals surface area contributed by atoms with Crippen LogP contribution in [0.4, 0.5) is 0 Å². The van der Waals surface area contributed by atoms with E-state index in [1.54, 1.807) is 17.8 Å². The van der Waals surface area contributed by atoms with Crippen molar-refractivity contribution in [1.82, 2.24) is 14.8 Å². The maximum atomic E-state index is 6.10. The number of hydrogen-bond acceptors (Lipinski definition) is 4. The second-order valence-corrected chi connectivity index (χ2v) is 6.91. The number of aromatic nitrogens is 3. The van der Waals surface area contributed by atoms with Crippen molar-refractivity contribution < 1.29 is 4.74 Å². The average molecular weight is 356 g/mol. The highest BCUT2D eigenvalue weighted by molar-refractivity contribution is 7.99. The third-order valence-electron chi connectivity index (χ3n) is 3.20. The van der Waals surface area contributed by atoms with Crippen LogP contribution in [0, 0.1) is 0 Å². The summed E-state index contributed by atoms with van der Waals surface area (Å²) < 4.78 is 7.91. The number of benzene rings is 1. The number of thioether (sulfide) groups is 1. The average Bonchev–Trinajstić information content (AvgIpc) is 3.25. The Hall–Kier alpha value is -1.17. The van der Waals surface area contributed by atoms with E-state index >= 15 is 0 Å². The molecule has 0 aliphatic heterocycles. The van der Waals surface area contributed by atoms with Gasteiger partial charge in [0.05, 0.1) is 5.02 Å². The zero-order valence-electron chi connectivity index (χ0n) is 11.8. The van der Waals surface area contributed by atoms with Gasteiger partial charge in [0.25, 0.3) is 0 Å². The van der Waals surface area contributed by atoms with E-state index in [1.807, 2.05) is 18.2 Å². The van der Waals surface area contributed by atoms with Crippen molar-refractivity contribution in [3.8, 4) is 5.75 Å². The molecule has 3 rings (SSSR count). The zero-order chi connectivity index (χ0) is 15.5. The predicted molar refractivity (Wildman–Crippen MR) is 89.8 cm³/mol. The Balaban J connectivity index is 1.73. The van der Waals surface area contributed by atoms with Crippen LogP contribution < -0.4 is 4.74 Å². The Morgan fingerprint density at radius 1 is 1.36 bits per heavy atom. The van der Waals surface area contributed by atoms with Gasteiger partial charge < -0.3 is 4.74 Å². The van der Waals surface area contributed by atoms with E-state index in [9.17, 15) is 0 Å². The monoisotopic (exact) mass is 355 g/mol. The highest BCUT2D eigenvalue weighted by Crippen LogP contribution is 2.39. The first-order chi connectivity index (χ1) is 10.6. The molecule has 0 atom stereocenters. The second kappa shape index (κ2) is 6.94. The van der Waals surface area contributed by atoms with Crippen molar-refractivity contribution >= 4 is 35.0 Å². The van der Waals surface area contributed by atoms with E-state index in [0.717, 1.165) is 23.8 Å². The van der Waals surface area contributed by atoms with Gasteiger partial charge in [0.2, 0.25) is 0 Å². The van der Waals surface area contributed by atoms with Crippen molar-refractivity contribution in [2.45, 2.75) is 30.6 Å². The van der Waals surface area contributed by atoms with Crippen LogP contribution in [0.2, 0.25) is 5.02 Å². The van der Waals surface area contributed by atoms with Gasteiger partial charge in [-0.3, -0.25) is 4.57 Å². The molecule has 1 aliphatic rings. The summed E-state index contributed by atoms with van der Waals surface area (Å²) in [5.74, 6) is 2.08. The van der Waals surface area contributed by atoms with Gasteiger partial charge in [-0.25, -0.2) is 0 Å². The predicted octanol–water partition coefficient (Wildman–Crippen LogP) is 4.69. The van der Waals surface area contributed by atoms with E-state index in [2.05, 4.69) is 21.3 Å². The van der Waals surface area contributed by atoms with Crippen molar-refractivity contribution in [1.29, 1.82) is 0 Å². The van der Waals surface area contributed by atoms with Gasteiger partial charge in [0, 0.05) is 16.8 Å². The molecule has 0 amide bonds. The molecule has 7 heteroatoms. The molecular weight excluding hydrogens is 341 g/mol. The van der Waals surface area contributed by atoms with Gasteiger partial charge in [-0.2, -0.15) is 0 Å². The van der Waals surface area contributed by atoms with E-state index < -0.39 is 0 Å². The van der Waals surface area contributed by atoms with Gasteiger partial charge in [-0.05, 0) is 25.0 Å². The lowest BCUT2D eigenvalue weighted by Crippen LogP contribution is -2.07. The smallest absolute Gasteiger partial charge is 0.191 e. The molecule has 4 nitrogen and oxygen atoms in total. The topological polar surface area (TPSA) is 39.9 Å². The van der Waals surface area contributed by atoms with E-state index in [4.69, 9.17) is 27.9 Å². The standard InChI is InChI=1S/C15H15Cl2N3OS/c1-10(16)9-22-15-19-18-14(20(15)11-6-7-11)8-21-13-5-3-2-4-12(13)17/h2-5,11H,1,6-9H2. The van der Waals surface area contributed by atoms with Crippen LogP contribution in [0.1, 0.15) is 24.7 Å². The Bertz CT molecular complexity index is 685. The molecule has 0 bridgehead atoms. The van der Waals surface area contributed by atoms with Gasteiger partial charge in [0.1, 0.15) is 12.4 Å². The summed E-state index contributed by atoms with van der Waals surface area (Å²) in [6, 6.07) is 7.87. The second-order valence-electron chi connectivity index (χ2n) is 5.03. The van der Waals surface area contributed by atoms with E-state index in [1.165, 1.54) is 0 Å². The molecule has 1 aromatic carbocycles. The summed E-state index contributed by atoms with van der Waals surface area (Å²) in [4.78, 5) is 0. The Labute approximate surface area is 143 Å². The number of rotatable bonds is 7. The minimum Gasteiger partial charge on any atom is -0.484 e. The summed E-state index contributed by atoms with van der Waals surface area (Å²) in [5, 5.41) is 10.6.